The number of carboxylic acid groups (broad SMARTS) is 1. The van der Waals surface area contributed by atoms with Crippen LogP contribution in [0.25, 0.3) is 22.5 Å². The molecule has 0 spiro atoms. The zero-order valence-corrected chi connectivity index (χ0v) is 29.1. The van der Waals surface area contributed by atoms with Crippen LogP contribution in [0, 0.1) is 24.7 Å². The lowest BCUT2D eigenvalue weighted by molar-refractivity contribution is -0.130. The Balaban J connectivity index is 1.14. The second-order valence-corrected chi connectivity index (χ2v) is 13.6. The van der Waals surface area contributed by atoms with Gasteiger partial charge in [-0.25, -0.2) is 4.79 Å². The van der Waals surface area contributed by atoms with Crippen LogP contribution in [0.3, 0.4) is 0 Å². The van der Waals surface area contributed by atoms with E-state index in [0.717, 1.165) is 46.3 Å². The molecule has 1 aliphatic carbocycles. The smallest absolute Gasteiger partial charge is 0.404 e. The lowest BCUT2D eigenvalue weighted by Crippen LogP contribution is -2.48. The van der Waals surface area contributed by atoms with Crippen molar-refractivity contribution in [2.75, 3.05) is 30.4 Å². The van der Waals surface area contributed by atoms with E-state index in [9.17, 15) is 19.2 Å². The molecule has 0 unspecified atom stereocenters. The molecule has 272 valence electrons. The molecule has 6 rings (SSSR count). The molecule has 1 saturated carbocycles. The number of hydrogen-bond donors (Lipinski definition) is 6. The number of aromatic nitrogens is 4. The van der Waals surface area contributed by atoms with Crippen molar-refractivity contribution in [2.24, 2.45) is 17.8 Å². The van der Waals surface area contributed by atoms with Crippen molar-refractivity contribution >= 4 is 35.2 Å². The van der Waals surface area contributed by atoms with Crippen LogP contribution in [-0.4, -0.2) is 75.3 Å². The quantitative estimate of drug-likeness (QED) is 0.118. The molecule has 2 fully saturated rings. The molecule has 2 heterocycles. The number of carbonyl (C=O) groups is 4. The number of anilines is 2. The van der Waals surface area contributed by atoms with Gasteiger partial charge in [0.15, 0.2) is 0 Å². The third kappa shape index (κ3) is 9.57. The van der Waals surface area contributed by atoms with Crippen molar-refractivity contribution in [2.45, 2.75) is 57.9 Å². The minimum absolute atomic E-state index is 0.0106. The van der Waals surface area contributed by atoms with Crippen LogP contribution in [0.5, 0.6) is 0 Å². The topological polar surface area (TPSA) is 200 Å². The highest BCUT2D eigenvalue weighted by Gasteiger charge is 2.30. The number of ether oxygens (including phenoxy) is 1. The highest BCUT2D eigenvalue weighted by Crippen LogP contribution is 2.30. The normalized spacial score (nSPS) is 18.2. The Bertz CT molecular complexity index is 1830. The van der Waals surface area contributed by atoms with Gasteiger partial charge in [0.25, 0.3) is 0 Å². The second kappa shape index (κ2) is 17.1. The molecule has 2 aliphatic rings. The van der Waals surface area contributed by atoms with E-state index in [0.29, 0.717) is 57.0 Å². The number of rotatable bonds is 12. The van der Waals surface area contributed by atoms with Gasteiger partial charge in [-0.1, -0.05) is 36.4 Å². The van der Waals surface area contributed by atoms with E-state index in [-0.39, 0.29) is 41.9 Å². The summed E-state index contributed by atoms with van der Waals surface area (Å²) in [5.74, 6) is -0.250. The Morgan fingerprint density at radius 3 is 2.17 bits per heavy atom. The summed E-state index contributed by atoms with van der Waals surface area (Å²) in [4.78, 5) is 51.1. The van der Waals surface area contributed by atoms with Gasteiger partial charge in [0.1, 0.15) is 6.04 Å². The molecule has 14 nitrogen and oxygen atoms in total. The molecule has 4 aromatic rings. The van der Waals surface area contributed by atoms with Gasteiger partial charge in [-0.2, -0.15) is 5.21 Å². The van der Waals surface area contributed by atoms with Gasteiger partial charge in [-0.3, -0.25) is 14.4 Å². The monoisotopic (exact) mass is 708 g/mol. The van der Waals surface area contributed by atoms with Gasteiger partial charge in [-0.05, 0) is 109 Å². The largest absolute Gasteiger partial charge is 0.465 e. The zero-order chi connectivity index (χ0) is 36.5. The average Bonchev–Trinajstić information content (AvgIpc) is 3.71. The molecule has 0 bridgehead atoms. The molecular formula is C38H44N8O6. The minimum atomic E-state index is -1.05. The molecule has 0 radical (unpaired) electrons. The number of hydrogen-bond acceptors (Lipinski definition) is 8. The molecule has 1 saturated heterocycles. The third-order valence-electron chi connectivity index (χ3n) is 9.96. The van der Waals surface area contributed by atoms with Gasteiger partial charge in [0.05, 0.1) is 0 Å². The Morgan fingerprint density at radius 2 is 1.50 bits per heavy atom. The number of H-pyrrole nitrogens is 1. The van der Waals surface area contributed by atoms with Gasteiger partial charge < -0.3 is 31.1 Å². The Kier molecular flexibility index (Phi) is 11.9. The Morgan fingerprint density at radius 1 is 0.827 bits per heavy atom. The summed E-state index contributed by atoms with van der Waals surface area (Å²) < 4.78 is 5.41. The minimum Gasteiger partial charge on any atom is -0.465 e. The second-order valence-electron chi connectivity index (χ2n) is 13.6. The van der Waals surface area contributed by atoms with Crippen LogP contribution < -0.4 is 21.3 Å². The van der Waals surface area contributed by atoms with E-state index in [1.54, 1.807) is 24.3 Å². The molecule has 1 atom stereocenters. The van der Waals surface area contributed by atoms with E-state index in [4.69, 9.17) is 9.84 Å². The van der Waals surface area contributed by atoms with Crippen molar-refractivity contribution in [3.05, 3.63) is 77.9 Å². The Labute approximate surface area is 301 Å². The van der Waals surface area contributed by atoms with Crippen LogP contribution in [0.2, 0.25) is 0 Å². The van der Waals surface area contributed by atoms with E-state index >= 15 is 0 Å². The zero-order valence-electron chi connectivity index (χ0n) is 29.1. The van der Waals surface area contributed by atoms with Crippen molar-refractivity contribution in [3.8, 4) is 22.5 Å². The van der Waals surface area contributed by atoms with Crippen LogP contribution in [0.15, 0.2) is 66.7 Å². The predicted octanol–water partition coefficient (Wildman–Crippen LogP) is 4.95. The number of carbonyl (C=O) groups excluding carboxylic acids is 3. The van der Waals surface area contributed by atoms with Gasteiger partial charge in [0, 0.05) is 55.0 Å². The first kappa shape index (κ1) is 36.2. The van der Waals surface area contributed by atoms with Crippen LogP contribution in [0.1, 0.15) is 49.7 Å². The van der Waals surface area contributed by atoms with Crippen molar-refractivity contribution in [1.82, 2.24) is 31.3 Å². The van der Waals surface area contributed by atoms with Crippen molar-refractivity contribution in [1.29, 1.82) is 0 Å². The standard InChI is InChI=1S/C38H44N8O6/c1-23-2-7-30(21-32(23)41-36(48)29-16-18-52-19-17-29)26-8-3-24(4-9-26)20-33(42-35(47)28-10-5-25(6-11-28)22-39-38(50)51)37(49)40-31-14-12-27(13-15-31)34-43-45-46-44-34/h2-4,7-9,12-15,21,25,28-29,33,39H,5-6,10-11,16-20,22H2,1H3,(H,40,49)(H,41,48)(H,42,47)(H,50,51)(H,43,44,45,46)/t25?,28?,33-/m0/s1. The van der Waals surface area contributed by atoms with Gasteiger partial charge in [0.2, 0.25) is 23.5 Å². The molecule has 4 amide bonds. The molecule has 1 aliphatic heterocycles. The lowest BCUT2D eigenvalue weighted by atomic mass is 9.81. The third-order valence-corrected chi connectivity index (χ3v) is 9.96. The first-order chi connectivity index (χ1) is 25.2. The number of aryl methyl sites for hydroxylation is 1. The lowest BCUT2D eigenvalue weighted by Gasteiger charge is -2.29. The molecular weight excluding hydrogens is 664 g/mol. The summed E-state index contributed by atoms with van der Waals surface area (Å²) in [6, 6.07) is 20.0. The number of aromatic amines is 1. The molecule has 1 aromatic heterocycles. The maximum absolute atomic E-state index is 13.7. The molecule has 14 heteroatoms. The SMILES string of the molecule is Cc1ccc(-c2ccc(C[C@H](NC(=O)C3CCC(CNC(=O)O)CC3)C(=O)Nc3ccc(-c4nn[nH]n4)cc3)cc2)cc1NC(=O)C1CCOCC1. The number of tetrazole rings is 1. The number of nitrogens with zero attached hydrogens (tertiary/aromatic N) is 3. The number of benzene rings is 3. The summed E-state index contributed by atoms with van der Waals surface area (Å²) >= 11 is 0. The fourth-order valence-electron chi connectivity index (χ4n) is 6.78. The number of nitrogens with one attached hydrogen (secondary N) is 5. The maximum atomic E-state index is 13.7. The first-order valence-corrected chi connectivity index (χ1v) is 17.7. The summed E-state index contributed by atoms with van der Waals surface area (Å²) in [7, 11) is 0. The van der Waals surface area contributed by atoms with Gasteiger partial charge in [-0.15, -0.1) is 10.2 Å². The molecule has 6 N–H and O–H groups in total. The fourth-order valence-corrected chi connectivity index (χ4v) is 6.78. The van der Waals surface area contributed by atoms with E-state index in [2.05, 4.69) is 41.9 Å². The maximum Gasteiger partial charge on any atom is 0.404 e. The van der Waals surface area contributed by atoms with E-state index < -0.39 is 12.1 Å². The van der Waals surface area contributed by atoms with Crippen molar-refractivity contribution < 1.29 is 29.0 Å². The van der Waals surface area contributed by atoms with E-state index in [1.807, 2.05) is 49.4 Å². The summed E-state index contributed by atoms with van der Waals surface area (Å²) in [5, 5.41) is 34.4. The highest BCUT2D eigenvalue weighted by atomic mass is 16.5. The number of amides is 4. The highest BCUT2D eigenvalue weighted by molar-refractivity contribution is 5.98. The first-order valence-electron chi connectivity index (χ1n) is 17.7. The predicted molar refractivity (Wildman–Crippen MR) is 194 cm³/mol. The molecule has 3 aromatic carbocycles. The summed E-state index contributed by atoms with van der Waals surface area (Å²) in [5.41, 5.74) is 5.78. The van der Waals surface area contributed by atoms with E-state index in [1.165, 1.54) is 0 Å². The van der Waals surface area contributed by atoms with Crippen LogP contribution in [-0.2, 0) is 25.5 Å². The van der Waals surface area contributed by atoms with Crippen molar-refractivity contribution in [3.63, 3.8) is 0 Å². The van der Waals surface area contributed by atoms with Crippen LogP contribution in [0.4, 0.5) is 16.2 Å². The van der Waals surface area contributed by atoms with Gasteiger partial charge >= 0.3 is 6.09 Å². The Hall–Kier alpha value is -5.63. The summed E-state index contributed by atoms with van der Waals surface area (Å²) in [6.45, 7) is 3.53. The average molecular weight is 709 g/mol. The molecule has 52 heavy (non-hydrogen) atoms. The van der Waals surface area contributed by atoms with Crippen LogP contribution >= 0.6 is 0 Å². The fraction of sp³-hybridized carbons (Fsp3) is 0.395. The summed E-state index contributed by atoms with van der Waals surface area (Å²) in [6.07, 6.45) is 3.33.